The molecule has 1 amide bonds. The Bertz CT molecular complexity index is 876. The summed E-state index contributed by atoms with van der Waals surface area (Å²) < 4.78 is 7.15. The van der Waals surface area contributed by atoms with Crippen LogP contribution in [0.1, 0.15) is 55.1 Å². The first kappa shape index (κ1) is 23.0. The molecule has 5 rings (SSSR count). The SMILES string of the molecule is CCCCN(C(=O)O[C@H]1C[N+]2(CCCC(=O)c3cccs3)CCC1CC2)c1ccccc1. The number of piperidine rings is 3. The lowest BCUT2D eigenvalue weighted by Gasteiger charge is -2.52. The zero-order chi connectivity index (χ0) is 22.4. The third-order valence-electron chi connectivity index (χ3n) is 7.15. The van der Waals surface area contributed by atoms with Gasteiger partial charge >= 0.3 is 6.09 Å². The standard InChI is InChI=1S/C26H35N2O3S/c1-2-3-15-27(22-9-5-4-6-10-22)26(30)31-24-20-28(17-13-21(24)14-18-28)16-7-11-23(29)25-12-8-19-32-25/h4-6,8-10,12,19,21,24H,2-3,7,11,13-18,20H2,1H3/q+1/t21?,24-,28?/m0/s1. The van der Waals surface area contributed by atoms with Crippen LogP contribution in [0.5, 0.6) is 0 Å². The number of fused-ring (bicyclic) bond motifs is 3. The van der Waals surface area contributed by atoms with Crippen molar-refractivity contribution in [2.45, 2.75) is 51.6 Å². The molecular weight excluding hydrogens is 420 g/mol. The molecular formula is C26H35N2O3S+. The molecule has 0 aliphatic carbocycles. The van der Waals surface area contributed by atoms with Crippen LogP contribution < -0.4 is 4.90 Å². The number of ether oxygens (including phenoxy) is 1. The summed E-state index contributed by atoms with van der Waals surface area (Å²) in [5.74, 6) is 0.720. The van der Waals surface area contributed by atoms with Crippen LogP contribution in [0.4, 0.5) is 10.5 Å². The first-order valence-corrected chi connectivity index (χ1v) is 12.9. The van der Waals surface area contributed by atoms with Gasteiger partial charge in [-0.3, -0.25) is 9.69 Å². The third kappa shape index (κ3) is 5.41. The summed E-state index contributed by atoms with van der Waals surface area (Å²) in [5, 5.41) is 1.96. The van der Waals surface area contributed by atoms with Crippen LogP contribution in [0.3, 0.4) is 0 Å². The van der Waals surface area contributed by atoms with Gasteiger partial charge in [-0.1, -0.05) is 37.6 Å². The predicted octanol–water partition coefficient (Wildman–Crippen LogP) is 5.76. The average Bonchev–Trinajstić information content (AvgIpc) is 3.36. The lowest BCUT2D eigenvalue weighted by atomic mass is 9.83. The number of anilines is 1. The quantitative estimate of drug-likeness (QED) is 0.338. The fourth-order valence-corrected chi connectivity index (χ4v) is 5.94. The van der Waals surface area contributed by atoms with Crippen LogP contribution in [0.25, 0.3) is 0 Å². The minimum atomic E-state index is -0.213. The van der Waals surface area contributed by atoms with Crippen molar-refractivity contribution in [3.63, 3.8) is 0 Å². The van der Waals surface area contributed by atoms with Crippen LogP contribution in [0.15, 0.2) is 47.8 Å². The Morgan fingerprint density at radius 1 is 1.09 bits per heavy atom. The van der Waals surface area contributed by atoms with Gasteiger partial charge < -0.3 is 9.22 Å². The molecule has 0 unspecified atom stereocenters. The molecule has 5 nitrogen and oxygen atoms in total. The zero-order valence-electron chi connectivity index (χ0n) is 19.1. The monoisotopic (exact) mass is 455 g/mol. The molecule has 1 aromatic carbocycles. The summed E-state index contributed by atoms with van der Waals surface area (Å²) in [7, 11) is 0. The highest BCUT2D eigenvalue weighted by molar-refractivity contribution is 7.12. The first-order valence-electron chi connectivity index (χ1n) is 12.1. The molecule has 0 N–H and O–H groups in total. The number of quaternary nitrogens is 1. The second-order valence-corrected chi connectivity index (χ2v) is 10.2. The maximum atomic E-state index is 13.2. The highest BCUT2D eigenvalue weighted by Crippen LogP contribution is 2.36. The minimum Gasteiger partial charge on any atom is -0.440 e. The van der Waals surface area contributed by atoms with Gasteiger partial charge in [-0.05, 0) is 30.0 Å². The molecule has 3 aliphatic heterocycles. The number of carbonyl (C=O) groups excluding carboxylic acids is 2. The second-order valence-electron chi connectivity index (χ2n) is 9.30. The highest BCUT2D eigenvalue weighted by atomic mass is 32.1. The molecule has 2 bridgehead atoms. The summed E-state index contributed by atoms with van der Waals surface area (Å²) in [6.07, 6.45) is 5.47. The first-order chi connectivity index (χ1) is 15.6. The normalized spacial score (nSPS) is 24.3. The van der Waals surface area contributed by atoms with E-state index in [0.29, 0.717) is 18.9 Å². The van der Waals surface area contributed by atoms with Crippen molar-refractivity contribution in [3.05, 3.63) is 52.7 Å². The van der Waals surface area contributed by atoms with Gasteiger partial charge in [0, 0.05) is 43.8 Å². The van der Waals surface area contributed by atoms with Gasteiger partial charge in [-0.25, -0.2) is 4.79 Å². The molecule has 32 heavy (non-hydrogen) atoms. The fourth-order valence-electron chi connectivity index (χ4n) is 5.25. The van der Waals surface area contributed by atoms with E-state index in [1.807, 2.05) is 47.8 Å². The van der Waals surface area contributed by atoms with Gasteiger partial charge in [0.05, 0.1) is 24.5 Å². The van der Waals surface area contributed by atoms with Crippen molar-refractivity contribution < 1.29 is 18.8 Å². The van der Waals surface area contributed by atoms with Crippen molar-refractivity contribution in [2.24, 2.45) is 5.92 Å². The molecule has 172 valence electrons. The van der Waals surface area contributed by atoms with Crippen molar-refractivity contribution in [2.75, 3.05) is 37.6 Å². The Hall–Kier alpha value is -2.18. The van der Waals surface area contributed by atoms with E-state index in [4.69, 9.17) is 4.74 Å². The number of ketones is 1. The number of benzene rings is 1. The van der Waals surface area contributed by atoms with Crippen molar-refractivity contribution in [1.29, 1.82) is 0 Å². The van der Waals surface area contributed by atoms with Gasteiger partial charge in [-0.15, -0.1) is 11.3 Å². The van der Waals surface area contributed by atoms with Crippen LogP contribution in [0.2, 0.25) is 0 Å². The minimum absolute atomic E-state index is 0.0224. The Morgan fingerprint density at radius 2 is 1.88 bits per heavy atom. The third-order valence-corrected chi connectivity index (χ3v) is 8.06. The van der Waals surface area contributed by atoms with E-state index in [1.54, 1.807) is 4.90 Å². The number of thiophene rings is 1. The van der Waals surface area contributed by atoms with Gasteiger partial charge in [0.1, 0.15) is 6.54 Å². The van der Waals surface area contributed by atoms with E-state index < -0.39 is 0 Å². The second kappa shape index (κ2) is 10.6. The van der Waals surface area contributed by atoms with Crippen LogP contribution in [-0.4, -0.2) is 55.2 Å². The van der Waals surface area contributed by atoms with E-state index in [2.05, 4.69) is 6.92 Å². The summed E-state index contributed by atoms with van der Waals surface area (Å²) in [4.78, 5) is 28.2. The number of unbranched alkanes of at least 4 members (excludes halogenated alkanes) is 1. The number of hydrogen-bond donors (Lipinski definition) is 0. The van der Waals surface area contributed by atoms with Crippen LogP contribution in [-0.2, 0) is 4.74 Å². The number of hydrogen-bond acceptors (Lipinski definition) is 4. The van der Waals surface area contributed by atoms with E-state index in [-0.39, 0.29) is 18.0 Å². The summed E-state index contributed by atoms with van der Waals surface area (Å²) in [6, 6.07) is 13.7. The smallest absolute Gasteiger partial charge is 0.414 e. The number of nitrogens with zero attached hydrogens (tertiary/aromatic N) is 2. The number of carbonyl (C=O) groups is 2. The molecule has 1 aromatic heterocycles. The Balaban J connectivity index is 1.35. The number of rotatable bonds is 10. The maximum Gasteiger partial charge on any atom is 0.414 e. The van der Waals surface area contributed by atoms with E-state index in [9.17, 15) is 9.59 Å². The van der Waals surface area contributed by atoms with Gasteiger partial charge in [0.2, 0.25) is 0 Å². The average molecular weight is 456 g/mol. The zero-order valence-corrected chi connectivity index (χ0v) is 19.9. The van der Waals surface area contributed by atoms with Crippen LogP contribution in [0, 0.1) is 5.92 Å². The fraction of sp³-hybridized carbons (Fsp3) is 0.538. The molecule has 0 saturated carbocycles. The van der Waals surface area contributed by atoms with E-state index in [1.165, 1.54) is 11.3 Å². The van der Waals surface area contributed by atoms with Crippen LogP contribution >= 0.6 is 11.3 Å². The summed E-state index contributed by atoms with van der Waals surface area (Å²) in [6.45, 7) is 6.99. The Morgan fingerprint density at radius 3 is 2.56 bits per heavy atom. The molecule has 0 spiro atoms. The number of amides is 1. The predicted molar refractivity (Wildman–Crippen MR) is 129 cm³/mol. The molecule has 0 radical (unpaired) electrons. The van der Waals surface area contributed by atoms with Gasteiger partial charge in [0.15, 0.2) is 11.9 Å². The van der Waals surface area contributed by atoms with E-state index >= 15 is 0 Å². The molecule has 1 atom stereocenters. The molecule has 2 aromatic rings. The van der Waals surface area contributed by atoms with Gasteiger partial charge in [0.25, 0.3) is 0 Å². The number of para-hydroxylation sites is 1. The maximum absolute atomic E-state index is 13.2. The lowest BCUT2D eigenvalue weighted by Crippen LogP contribution is -2.65. The molecule has 6 heteroatoms. The molecule has 3 saturated heterocycles. The molecule has 4 heterocycles. The largest absolute Gasteiger partial charge is 0.440 e. The highest BCUT2D eigenvalue weighted by Gasteiger charge is 2.47. The van der Waals surface area contributed by atoms with Crippen molar-refractivity contribution in [1.82, 2.24) is 0 Å². The topological polar surface area (TPSA) is 46.6 Å². The molecule has 3 fully saturated rings. The summed E-state index contributed by atoms with van der Waals surface area (Å²) in [5.41, 5.74) is 0.906. The van der Waals surface area contributed by atoms with Crippen molar-refractivity contribution >= 4 is 28.9 Å². The van der Waals surface area contributed by atoms with Crippen molar-refractivity contribution in [3.8, 4) is 0 Å². The molecule has 3 aliphatic rings. The Kier molecular flexibility index (Phi) is 7.63. The summed E-state index contributed by atoms with van der Waals surface area (Å²) >= 11 is 1.53. The lowest BCUT2D eigenvalue weighted by molar-refractivity contribution is -0.946. The van der Waals surface area contributed by atoms with Gasteiger partial charge in [-0.2, -0.15) is 0 Å². The Labute approximate surface area is 195 Å². The van der Waals surface area contributed by atoms with E-state index in [0.717, 1.165) is 73.3 Å². The number of Topliss-reactive ketones (excluding diaryl/α,β-unsaturated/α-hetero) is 1.